The summed E-state index contributed by atoms with van der Waals surface area (Å²) in [6.07, 6.45) is 5.52. The normalized spacial score (nSPS) is 18.0. The molecule has 2 aromatic heterocycles. The van der Waals surface area contributed by atoms with E-state index >= 15 is 0 Å². The molecular formula is C20H20N4O3. The van der Waals surface area contributed by atoms with E-state index in [0.29, 0.717) is 30.6 Å². The van der Waals surface area contributed by atoms with Gasteiger partial charge in [-0.1, -0.05) is 23.4 Å². The average molecular weight is 364 g/mol. The van der Waals surface area contributed by atoms with Gasteiger partial charge in [0.2, 0.25) is 5.88 Å². The van der Waals surface area contributed by atoms with E-state index < -0.39 is 0 Å². The van der Waals surface area contributed by atoms with E-state index in [1.807, 2.05) is 29.2 Å². The SMILES string of the molecule is O=C(c1cc(C2CC2)on1)N1CCC(Oc2nncc3ccccc23)CC1. The van der Waals surface area contributed by atoms with Gasteiger partial charge in [0.15, 0.2) is 5.69 Å². The lowest BCUT2D eigenvalue weighted by molar-refractivity contribution is 0.0580. The van der Waals surface area contributed by atoms with Gasteiger partial charge in [-0.05, 0) is 18.9 Å². The van der Waals surface area contributed by atoms with Gasteiger partial charge >= 0.3 is 0 Å². The number of piperidine rings is 1. The second-order valence-electron chi connectivity index (χ2n) is 7.24. The number of carbonyl (C=O) groups excluding carboxylic acids is 1. The van der Waals surface area contributed by atoms with E-state index in [-0.39, 0.29) is 12.0 Å². The summed E-state index contributed by atoms with van der Waals surface area (Å²) in [5.41, 5.74) is 0.413. The van der Waals surface area contributed by atoms with Crippen molar-refractivity contribution in [3.05, 3.63) is 48.0 Å². The zero-order valence-corrected chi connectivity index (χ0v) is 14.9. The minimum atomic E-state index is -0.0611. The van der Waals surface area contributed by atoms with Gasteiger partial charge in [-0.3, -0.25) is 4.79 Å². The number of hydrogen-bond acceptors (Lipinski definition) is 6. The first-order chi connectivity index (χ1) is 13.3. The molecule has 0 N–H and O–H groups in total. The van der Waals surface area contributed by atoms with Crippen LogP contribution in [-0.4, -0.2) is 45.4 Å². The lowest BCUT2D eigenvalue weighted by Gasteiger charge is -2.31. The second kappa shape index (κ2) is 6.64. The Balaban J connectivity index is 1.22. The van der Waals surface area contributed by atoms with Crippen molar-refractivity contribution < 1.29 is 14.1 Å². The van der Waals surface area contributed by atoms with E-state index in [2.05, 4.69) is 15.4 Å². The Hall–Kier alpha value is -2.96. The molecule has 3 heterocycles. The highest BCUT2D eigenvalue weighted by atomic mass is 16.5. The third kappa shape index (κ3) is 3.25. The topological polar surface area (TPSA) is 81.4 Å². The first-order valence-corrected chi connectivity index (χ1v) is 9.41. The molecule has 1 saturated heterocycles. The van der Waals surface area contributed by atoms with Gasteiger partial charge in [0.25, 0.3) is 5.91 Å². The van der Waals surface area contributed by atoms with Gasteiger partial charge in [-0.15, -0.1) is 5.10 Å². The molecule has 0 spiro atoms. The number of fused-ring (bicyclic) bond motifs is 1. The Kier molecular flexibility index (Phi) is 3.99. The van der Waals surface area contributed by atoms with Crippen LogP contribution in [0.5, 0.6) is 5.88 Å². The van der Waals surface area contributed by atoms with Crippen molar-refractivity contribution in [1.82, 2.24) is 20.3 Å². The summed E-state index contributed by atoms with van der Waals surface area (Å²) in [5.74, 6) is 1.79. The molecular weight excluding hydrogens is 344 g/mol. The van der Waals surface area contributed by atoms with Crippen LogP contribution >= 0.6 is 0 Å². The highest BCUT2D eigenvalue weighted by molar-refractivity contribution is 5.92. The summed E-state index contributed by atoms with van der Waals surface area (Å²) in [6.45, 7) is 1.26. The molecule has 7 heteroatoms. The Morgan fingerprint density at radius 1 is 1.15 bits per heavy atom. The fourth-order valence-corrected chi connectivity index (χ4v) is 3.54. The van der Waals surface area contributed by atoms with Crippen LogP contribution in [0.2, 0.25) is 0 Å². The summed E-state index contributed by atoms with van der Waals surface area (Å²) < 4.78 is 11.4. The Bertz CT molecular complexity index is 969. The van der Waals surface area contributed by atoms with Gasteiger partial charge in [0.1, 0.15) is 11.9 Å². The van der Waals surface area contributed by atoms with Gasteiger partial charge in [-0.25, -0.2) is 0 Å². The largest absolute Gasteiger partial charge is 0.473 e. The van der Waals surface area contributed by atoms with Crippen LogP contribution in [0.15, 0.2) is 41.1 Å². The van der Waals surface area contributed by atoms with Crippen molar-refractivity contribution in [2.75, 3.05) is 13.1 Å². The lowest BCUT2D eigenvalue weighted by Crippen LogP contribution is -2.42. The quantitative estimate of drug-likeness (QED) is 0.707. The van der Waals surface area contributed by atoms with E-state index in [9.17, 15) is 4.79 Å². The Morgan fingerprint density at radius 3 is 2.78 bits per heavy atom. The second-order valence-corrected chi connectivity index (χ2v) is 7.24. The number of aromatic nitrogens is 3. The number of nitrogens with zero attached hydrogens (tertiary/aromatic N) is 4. The third-order valence-electron chi connectivity index (χ3n) is 5.27. The molecule has 0 atom stereocenters. The molecule has 2 fully saturated rings. The zero-order chi connectivity index (χ0) is 18.2. The molecule has 27 heavy (non-hydrogen) atoms. The van der Waals surface area contributed by atoms with Crippen LogP contribution in [0, 0.1) is 0 Å². The van der Waals surface area contributed by atoms with Crippen molar-refractivity contribution in [3.63, 3.8) is 0 Å². The summed E-state index contributed by atoms with van der Waals surface area (Å²) in [4.78, 5) is 14.5. The average Bonchev–Trinajstić information content (AvgIpc) is 3.45. The molecule has 138 valence electrons. The summed E-state index contributed by atoms with van der Waals surface area (Å²) in [6, 6.07) is 9.71. The highest BCUT2D eigenvalue weighted by Crippen LogP contribution is 2.40. The maximum atomic E-state index is 12.6. The maximum Gasteiger partial charge on any atom is 0.276 e. The van der Waals surface area contributed by atoms with Crippen molar-refractivity contribution in [1.29, 1.82) is 0 Å². The van der Waals surface area contributed by atoms with E-state index in [1.165, 1.54) is 0 Å². The van der Waals surface area contributed by atoms with Crippen LogP contribution in [0.1, 0.15) is 47.8 Å². The molecule has 0 unspecified atom stereocenters. The Morgan fingerprint density at radius 2 is 1.96 bits per heavy atom. The molecule has 0 radical (unpaired) electrons. The number of ether oxygens (including phenoxy) is 1. The van der Waals surface area contributed by atoms with Gasteiger partial charge in [0, 0.05) is 48.7 Å². The number of hydrogen-bond donors (Lipinski definition) is 0. The predicted octanol–water partition coefficient (Wildman–Crippen LogP) is 3.18. The molecule has 3 aromatic rings. The Labute approximate surface area is 156 Å². The van der Waals surface area contributed by atoms with E-state index in [1.54, 1.807) is 12.3 Å². The van der Waals surface area contributed by atoms with Crippen LogP contribution in [0.25, 0.3) is 10.8 Å². The van der Waals surface area contributed by atoms with Crippen LogP contribution < -0.4 is 4.74 Å². The summed E-state index contributed by atoms with van der Waals surface area (Å²) in [7, 11) is 0. The molecule has 1 aromatic carbocycles. The smallest absolute Gasteiger partial charge is 0.276 e. The number of carbonyl (C=O) groups is 1. The van der Waals surface area contributed by atoms with Gasteiger partial charge < -0.3 is 14.2 Å². The van der Waals surface area contributed by atoms with Crippen molar-refractivity contribution >= 4 is 16.7 Å². The lowest BCUT2D eigenvalue weighted by atomic mass is 10.1. The first kappa shape index (κ1) is 16.2. The number of benzene rings is 1. The molecule has 7 nitrogen and oxygen atoms in total. The van der Waals surface area contributed by atoms with Crippen molar-refractivity contribution in [3.8, 4) is 5.88 Å². The van der Waals surface area contributed by atoms with Crippen LogP contribution in [0.4, 0.5) is 0 Å². The third-order valence-corrected chi connectivity index (χ3v) is 5.27. The fourth-order valence-electron chi connectivity index (χ4n) is 3.54. The van der Waals surface area contributed by atoms with Crippen LogP contribution in [-0.2, 0) is 0 Å². The number of amides is 1. The van der Waals surface area contributed by atoms with Gasteiger partial charge in [-0.2, -0.15) is 5.10 Å². The number of likely N-dealkylation sites (tertiary alicyclic amines) is 1. The molecule has 1 aliphatic carbocycles. The molecule has 1 amide bonds. The standard InChI is InChI=1S/C20H20N4O3/c25-20(17-11-18(27-23-17)13-5-6-13)24-9-7-15(8-10-24)26-19-16-4-2-1-3-14(16)12-21-22-19/h1-4,11-13,15H,5-10H2. The van der Waals surface area contributed by atoms with Crippen molar-refractivity contribution in [2.24, 2.45) is 0 Å². The molecule has 1 aliphatic heterocycles. The summed E-state index contributed by atoms with van der Waals surface area (Å²) >= 11 is 0. The van der Waals surface area contributed by atoms with Crippen molar-refractivity contribution in [2.45, 2.75) is 37.7 Å². The molecule has 0 bridgehead atoms. The molecule has 5 rings (SSSR count). The van der Waals surface area contributed by atoms with Crippen LogP contribution in [0.3, 0.4) is 0 Å². The zero-order valence-electron chi connectivity index (χ0n) is 14.9. The maximum absolute atomic E-state index is 12.6. The molecule has 1 saturated carbocycles. The van der Waals surface area contributed by atoms with E-state index in [4.69, 9.17) is 9.26 Å². The predicted molar refractivity (Wildman–Crippen MR) is 97.6 cm³/mol. The minimum absolute atomic E-state index is 0.0218. The van der Waals surface area contributed by atoms with Gasteiger partial charge in [0.05, 0.1) is 6.20 Å². The molecule has 2 aliphatic rings. The highest BCUT2D eigenvalue weighted by Gasteiger charge is 2.31. The van der Waals surface area contributed by atoms with E-state index in [0.717, 1.165) is 42.2 Å². The minimum Gasteiger partial charge on any atom is -0.473 e. The monoisotopic (exact) mass is 364 g/mol. The first-order valence-electron chi connectivity index (χ1n) is 9.41. The number of rotatable bonds is 4. The summed E-state index contributed by atoms with van der Waals surface area (Å²) in [5, 5.41) is 14.1. The fraction of sp³-hybridized carbons (Fsp3) is 0.400.